The van der Waals surface area contributed by atoms with Crippen LogP contribution < -0.4 is 14.2 Å². The van der Waals surface area contributed by atoms with Gasteiger partial charge in [0.1, 0.15) is 11.5 Å². The monoisotopic (exact) mass is 503 g/mol. The third kappa shape index (κ3) is 3.98. The van der Waals surface area contributed by atoms with E-state index in [2.05, 4.69) is 0 Å². The number of rotatable bonds is 5. The Morgan fingerprint density at radius 1 is 0.436 bits per heavy atom. The number of hydrogen-bond acceptors (Lipinski definition) is 6. The van der Waals surface area contributed by atoms with Crippen LogP contribution in [0.4, 0.5) is 0 Å². The van der Waals surface area contributed by atoms with Crippen LogP contribution in [0.2, 0.25) is 0 Å². The first kappa shape index (κ1) is 23.4. The second-order valence-corrected chi connectivity index (χ2v) is 8.77. The maximum absolute atomic E-state index is 9.47. The molecule has 0 saturated heterocycles. The number of benzene rings is 6. The van der Waals surface area contributed by atoms with Gasteiger partial charge in [0.15, 0.2) is 5.75 Å². The molecule has 6 nitrogen and oxygen atoms in total. The lowest BCUT2D eigenvalue weighted by atomic mass is 9.88. The van der Waals surface area contributed by atoms with Crippen LogP contribution in [0.5, 0.6) is 17.2 Å². The topological polar surface area (TPSA) is 99.1 Å². The van der Waals surface area contributed by atoms with Gasteiger partial charge in [-0.2, -0.15) is 0 Å². The van der Waals surface area contributed by atoms with Crippen molar-refractivity contribution in [3.63, 3.8) is 0 Å². The minimum Gasteiger partial charge on any atom is -0.388 e. The van der Waals surface area contributed by atoms with Crippen LogP contribution in [0.3, 0.4) is 0 Å². The van der Waals surface area contributed by atoms with Gasteiger partial charge < -0.3 is 14.2 Å². The summed E-state index contributed by atoms with van der Waals surface area (Å²) in [5, 5.41) is 33.0. The van der Waals surface area contributed by atoms with Crippen LogP contribution in [0.1, 0.15) is 0 Å². The molecular weight excluding hydrogens is 486 g/mol. The molecule has 6 aromatic carbocycles. The van der Waals surface area contributed by atoms with Crippen LogP contribution in [0.15, 0.2) is 103 Å². The molecule has 0 bridgehead atoms. The number of ether oxygens (including phenoxy) is 3. The molecule has 0 aliphatic rings. The van der Waals surface area contributed by atoms with Crippen molar-refractivity contribution in [1.29, 1.82) is 15.8 Å². The van der Waals surface area contributed by atoms with Gasteiger partial charge in [-0.15, -0.1) is 15.8 Å². The van der Waals surface area contributed by atoms with Gasteiger partial charge in [0, 0.05) is 10.8 Å². The predicted octanol–water partition coefficient (Wildman–Crippen LogP) is 8.06. The standard InChI is InChI=1S/C33H17N3O3/c34-18-37-22-16-21-6-1-2-7-23(21)30(17-22)29-13-12-26(28-10-5-11-32(33(28)29)39-20-36)25-14-15-31(38-19-35)27-9-4-3-8-24(25)27/h1-17H. The van der Waals surface area contributed by atoms with E-state index in [4.69, 9.17) is 19.5 Å². The maximum atomic E-state index is 9.47. The molecule has 0 N–H and O–H groups in total. The van der Waals surface area contributed by atoms with Crippen molar-refractivity contribution < 1.29 is 14.2 Å². The fourth-order valence-corrected chi connectivity index (χ4v) is 5.23. The first-order valence-corrected chi connectivity index (χ1v) is 12.0. The van der Waals surface area contributed by atoms with Crippen molar-refractivity contribution in [2.75, 3.05) is 0 Å². The van der Waals surface area contributed by atoms with E-state index in [9.17, 15) is 10.5 Å². The van der Waals surface area contributed by atoms with Gasteiger partial charge in [0.2, 0.25) is 0 Å². The molecule has 0 heterocycles. The highest BCUT2D eigenvalue weighted by atomic mass is 16.5. The van der Waals surface area contributed by atoms with E-state index in [0.717, 1.165) is 54.6 Å². The average molecular weight is 504 g/mol. The van der Waals surface area contributed by atoms with Gasteiger partial charge in [-0.05, 0) is 74.1 Å². The van der Waals surface area contributed by atoms with Gasteiger partial charge in [-0.3, -0.25) is 0 Å². The quantitative estimate of drug-likeness (QED) is 0.221. The fraction of sp³-hybridized carbons (Fsp3) is 0. The lowest BCUT2D eigenvalue weighted by molar-refractivity contribution is 0.508. The highest BCUT2D eigenvalue weighted by Crippen LogP contribution is 2.45. The Hall–Kier alpha value is -6.03. The normalized spacial score (nSPS) is 10.5. The third-order valence-electron chi connectivity index (χ3n) is 6.78. The van der Waals surface area contributed by atoms with Crippen LogP contribution in [-0.4, -0.2) is 0 Å². The Bertz CT molecular complexity index is 2050. The molecule has 0 amide bonds. The lowest BCUT2D eigenvalue weighted by Crippen LogP contribution is -1.93. The number of hydrogen-bond donors (Lipinski definition) is 0. The highest BCUT2D eigenvalue weighted by Gasteiger charge is 2.18. The molecule has 6 aromatic rings. The number of fused-ring (bicyclic) bond motifs is 3. The molecule has 182 valence electrons. The Balaban J connectivity index is 1.70. The first-order valence-electron chi connectivity index (χ1n) is 12.0. The average Bonchev–Trinajstić information content (AvgIpc) is 2.97. The van der Waals surface area contributed by atoms with Crippen molar-refractivity contribution in [3.05, 3.63) is 103 Å². The highest BCUT2D eigenvalue weighted by molar-refractivity contribution is 6.15. The van der Waals surface area contributed by atoms with Crippen molar-refractivity contribution in [3.8, 4) is 58.3 Å². The van der Waals surface area contributed by atoms with E-state index < -0.39 is 0 Å². The summed E-state index contributed by atoms with van der Waals surface area (Å²) in [6, 6.07) is 32.6. The molecule has 39 heavy (non-hydrogen) atoms. The van der Waals surface area contributed by atoms with E-state index in [1.807, 2.05) is 97.3 Å². The van der Waals surface area contributed by atoms with Gasteiger partial charge in [0.25, 0.3) is 18.8 Å². The Morgan fingerprint density at radius 3 is 1.85 bits per heavy atom. The van der Waals surface area contributed by atoms with Gasteiger partial charge >= 0.3 is 0 Å². The SMILES string of the molecule is N#COc1cc(-c2ccc(-c3ccc(OC#N)c4ccccc34)c3cccc(OC#N)c23)c2ccccc2c1. The predicted molar refractivity (Wildman–Crippen MR) is 149 cm³/mol. The van der Waals surface area contributed by atoms with Crippen LogP contribution in [-0.2, 0) is 0 Å². The summed E-state index contributed by atoms with van der Waals surface area (Å²) in [5.41, 5.74) is 3.53. The molecule has 0 aromatic heterocycles. The smallest absolute Gasteiger partial charge is 0.292 e. The largest absolute Gasteiger partial charge is 0.388 e. The molecule has 0 aliphatic heterocycles. The summed E-state index contributed by atoms with van der Waals surface area (Å²) < 4.78 is 15.9. The fourth-order valence-electron chi connectivity index (χ4n) is 5.23. The molecule has 6 heteroatoms. The maximum Gasteiger partial charge on any atom is 0.292 e. The minimum absolute atomic E-state index is 0.413. The summed E-state index contributed by atoms with van der Waals surface area (Å²) in [6.07, 6.45) is 5.34. The van der Waals surface area contributed by atoms with E-state index >= 15 is 0 Å². The Labute approximate surface area is 223 Å². The van der Waals surface area contributed by atoms with Gasteiger partial charge in [0.05, 0.1) is 0 Å². The molecule has 0 spiro atoms. The Morgan fingerprint density at radius 2 is 1.05 bits per heavy atom. The first-order chi connectivity index (χ1) is 19.2. The van der Waals surface area contributed by atoms with Gasteiger partial charge in [-0.1, -0.05) is 72.8 Å². The second-order valence-electron chi connectivity index (χ2n) is 8.77. The van der Waals surface area contributed by atoms with Crippen LogP contribution >= 0.6 is 0 Å². The zero-order valence-corrected chi connectivity index (χ0v) is 20.4. The lowest BCUT2D eigenvalue weighted by Gasteiger charge is -2.17. The summed E-state index contributed by atoms with van der Waals surface area (Å²) >= 11 is 0. The van der Waals surface area contributed by atoms with E-state index in [1.54, 1.807) is 24.6 Å². The Kier molecular flexibility index (Phi) is 5.87. The number of nitrogens with zero attached hydrogens (tertiary/aromatic N) is 3. The van der Waals surface area contributed by atoms with Crippen molar-refractivity contribution in [2.24, 2.45) is 0 Å². The molecule has 0 fully saturated rings. The van der Waals surface area contributed by atoms with E-state index in [1.165, 1.54) is 0 Å². The number of nitriles is 3. The van der Waals surface area contributed by atoms with Crippen LogP contribution in [0.25, 0.3) is 54.6 Å². The minimum atomic E-state index is 0.413. The van der Waals surface area contributed by atoms with Gasteiger partial charge in [-0.25, -0.2) is 0 Å². The van der Waals surface area contributed by atoms with Crippen molar-refractivity contribution >= 4 is 32.3 Å². The van der Waals surface area contributed by atoms with E-state index in [0.29, 0.717) is 17.2 Å². The molecule has 6 rings (SSSR count). The van der Waals surface area contributed by atoms with Crippen LogP contribution in [0, 0.1) is 34.6 Å². The second kappa shape index (κ2) is 9.79. The molecule has 0 unspecified atom stereocenters. The van der Waals surface area contributed by atoms with Crippen molar-refractivity contribution in [2.45, 2.75) is 0 Å². The van der Waals surface area contributed by atoms with Crippen molar-refractivity contribution in [1.82, 2.24) is 0 Å². The summed E-state index contributed by atoms with van der Waals surface area (Å²) in [6.45, 7) is 0. The summed E-state index contributed by atoms with van der Waals surface area (Å²) in [5.74, 6) is 1.31. The summed E-state index contributed by atoms with van der Waals surface area (Å²) in [4.78, 5) is 0. The molecule has 0 radical (unpaired) electrons. The zero-order chi connectivity index (χ0) is 26.8. The molecule has 0 saturated carbocycles. The molecule has 0 atom stereocenters. The molecular formula is C33H17N3O3. The molecule has 0 aliphatic carbocycles. The third-order valence-corrected chi connectivity index (χ3v) is 6.78. The summed E-state index contributed by atoms with van der Waals surface area (Å²) in [7, 11) is 0. The zero-order valence-electron chi connectivity index (χ0n) is 20.4. The van der Waals surface area contributed by atoms with E-state index in [-0.39, 0.29) is 0 Å².